The zero-order valence-electron chi connectivity index (χ0n) is 13.6. The molecule has 0 aliphatic carbocycles. The summed E-state index contributed by atoms with van der Waals surface area (Å²) in [6, 6.07) is 14.1. The number of amides is 2. The van der Waals surface area contributed by atoms with Gasteiger partial charge in [0, 0.05) is 12.2 Å². The maximum Gasteiger partial charge on any atom is 0.313 e. The molecule has 0 bridgehead atoms. The van der Waals surface area contributed by atoms with Crippen molar-refractivity contribution in [2.45, 2.75) is 26.2 Å². The summed E-state index contributed by atoms with van der Waals surface area (Å²) in [6.45, 7) is 2.11. The molecule has 2 N–H and O–H groups in total. The number of nitrogens with one attached hydrogen (secondary N) is 2. The third-order valence-electron chi connectivity index (χ3n) is 3.66. The quantitative estimate of drug-likeness (QED) is 0.632. The van der Waals surface area contributed by atoms with Crippen molar-refractivity contribution in [3.05, 3.63) is 65.5 Å². The molecule has 2 aromatic rings. The minimum atomic E-state index is -0.743. The average Bonchev–Trinajstić information content (AvgIpc) is 2.57. The van der Waals surface area contributed by atoms with E-state index in [9.17, 15) is 14.0 Å². The molecule has 0 aliphatic heterocycles. The molecule has 0 atom stereocenters. The van der Waals surface area contributed by atoms with Crippen LogP contribution in [0.15, 0.2) is 48.5 Å². The van der Waals surface area contributed by atoms with Crippen molar-refractivity contribution in [1.29, 1.82) is 0 Å². The van der Waals surface area contributed by atoms with E-state index in [1.807, 2.05) is 18.2 Å². The number of aryl methyl sites for hydroxylation is 2. The SMILES string of the molecule is Cc1cc(F)ccc1NC(=O)C(=O)NCCCCc1ccccc1. The monoisotopic (exact) mass is 328 g/mol. The summed E-state index contributed by atoms with van der Waals surface area (Å²) in [5.74, 6) is -1.81. The fraction of sp³-hybridized carbons (Fsp3) is 0.263. The lowest BCUT2D eigenvalue weighted by atomic mass is 10.1. The van der Waals surface area contributed by atoms with Gasteiger partial charge in [-0.25, -0.2) is 4.39 Å². The Hall–Kier alpha value is -2.69. The predicted octanol–water partition coefficient (Wildman–Crippen LogP) is 3.21. The minimum absolute atomic E-state index is 0.381. The highest BCUT2D eigenvalue weighted by molar-refractivity contribution is 6.39. The number of anilines is 1. The van der Waals surface area contributed by atoms with Crippen LogP contribution in [-0.4, -0.2) is 18.4 Å². The van der Waals surface area contributed by atoms with E-state index in [1.54, 1.807) is 6.92 Å². The Morgan fingerprint density at radius 2 is 1.75 bits per heavy atom. The van der Waals surface area contributed by atoms with Crippen LogP contribution in [0.4, 0.5) is 10.1 Å². The normalized spacial score (nSPS) is 10.2. The number of benzene rings is 2. The van der Waals surface area contributed by atoms with Crippen molar-refractivity contribution in [3.8, 4) is 0 Å². The van der Waals surface area contributed by atoms with E-state index in [1.165, 1.54) is 23.8 Å². The number of unbranched alkanes of at least 4 members (excludes halogenated alkanes) is 1. The summed E-state index contributed by atoms with van der Waals surface area (Å²) < 4.78 is 13.0. The lowest BCUT2D eigenvalue weighted by Crippen LogP contribution is -2.36. The van der Waals surface area contributed by atoms with Crippen molar-refractivity contribution in [2.75, 3.05) is 11.9 Å². The molecule has 126 valence electrons. The molecule has 0 heterocycles. The van der Waals surface area contributed by atoms with Gasteiger partial charge >= 0.3 is 11.8 Å². The molecular formula is C19H21FN2O2. The molecule has 5 heteroatoms. The molecule has 4 nitrogen and oxygen atoms in total. The molecule has 0 fully saturated rings. The van der Waals surface area contributed by atoms with Crippen molar-refractivity contribution < 1.29 is 14.0 Å². The van der Waals surface area contributed by atoms with Crippen LogP contribution in [0.3, 0.4) is 0 Å². The number of hydrogen-bond donors (Lipinski definition) is 2. The van der Waals surface area contributed by atoms with Gasteiger partial charge in [-0.05, 0) is 55.5 Å². The van der Waals surface area contributed by atoms with Crippen molar-refractivity contribution >= 4 is 17.5 Å². The maximum atomic E-state index is 13.0. The van der Waals surface area contributed by atoms with Crippen LogP contribution in [0.1, 0.15) is 24.0 Å². The first-order valence-corrected chi connectivity index (χ1v) is 7.95. The van der Waals surface area contributed by atoms with Gasteiger partial charge in [-0.1, -0.05) is 30.3 Å². The van der Waals surface area contributed by atoms with Gasteiger partial charge in [0.2, 0.25) is 0 Å². The van der Waals surface area contributed by atoms with E-state index >= 15 is 0 Å². The number of carbonyl (C=O) groups excluding carboxylic acids is 2. The largest absolute Gasteiger partial charge is 0.348 e. The van der Waals surface area contributed by atoms with Gasteiger partial charge in [0.25, 0.3) is 0 Å². The standard InChI is InChI=1S/C19H21FN2O2/c1-14-13-16(20)10-11-17(14)22-19(24)18(23)21-12-6-5-9-15-7-3-2-4-8-15/h2-4,7-8,10-11,13H,5-6,9,12H2,1H3,(H,21,23)(H,22,24). The van der Waals surface area contributed by atoms with E-state index in [2.05, 4.69) is 22.8 Å². The highest BCUT2D eigenvalue weighted by Crippen LogP contribution is 2.15. The molecule has 0 radical (unpaired) electrons. The third-order valence-corrected chi connectivity index (χ3v) is 3.66. The smallest absolute Gasteiger partial charge is 0.313 e. The first-order chi connectivity index (χ1) is 11.6. The molecule has 0 unspecified atom stereocenters. The fourth-order valence-electron chi connectivity index (χ4n) is 2.33. The zero-order valence-corrected chi connectivity index (χ0v) is 13.6. The third kappa shape index (κ3) is 5.50. The molecule has 2 rings (SSSR count). The Bertz CT molecular complexity index is 702. The van der Waals surface area contributed by atoms with E-state index in [0.29, 0.717) is 17.8 Å². The average molecular weight is 328 g/mol. The lowest BCUT2D eigenvalue weighted by molar-refractivity contribution is -0.136. The van der Waals surface area contributed by atoms with E-state index in [-0.39, 0.29) is 5.82 Å². The summed E-state index contributed by atoms with van der Waals surface area (Å²) in [5, 5.41) is 5.08. The molecule has 0 saturated heterocycles. The summed E-state index contributed by atoms with van der Waals surface area (Å²) in [6.07, 6.45) is 2.67. The summed E-state index contributed by atoms with van der Waals surface area (Å²) in [5.41, 5.74) is 2.26. The second kappa shape index (κ2) is 8.82. The Labute approximate surface area is 141 Å². The van der Waals surface area contributed by atoms with Gasteiger partial charge in [0.15, 0.2) is 0 Å². The van der Waals surface area contributed by atoms with E-state index in [0.717, 1.165) is 19.3 Å². The number of hydrogen-bond acceptors (Lipinski definition) is 2. The van der Waals surface area contributed by atoms with E-state index < -0.39 is 11.8 Å². The minimum Gasteiger partial charge on any atom is -0.348 e. The molecule has 2 aromatic carbocycles. The lowest BCUT2D eigenvalue weighted by Gasteiger charge is -2.09. The van der Waals surface area contributed by atoms with Crippen LogP contribution in [0.2, 0.25) is 0 Å². The highest BCUT2D eigenvalue weighted by atomic mass is 19.1. The summed E-state index contributed by atoms with van der Waals surface area (Å²) in [7, 11) is 0. The first-order valence-electron chi connectivity index (χ1n) is 7.95. The molecule has 24 heavy (non-hydrogen) atoms. The van der Waals surface area contributed by atoms with Crippen LogP contribution in [0.25, 0.3) is 0 Å². The topological polar surface area (TPSA) is 58.2 Å². The summed E-state index contributed by atoms with van der Waals surface area (Å²) in [4.78, 5) is 23.6. The van der Waals surface area contributed by atoms with Crippen molar-refractivity contribution in [1.82, 2.24) is 5.32 Å². The molecule has 0 saturated carbocycles. The van der Waals surface area contributed by atoms with Crippen LogP contribution >= 0.6 is 0 Å². The Morgan fingerprint density at radius 1 is 1.00 bits per heavy atom. The van der Waals surface area contributed by atoms with Crippen LogP contribution in [0.5, 0.6) is 0 Å². The number of carbonyl (C=O) groups is 2. The Balaban J connectivity index is 1.69. The Kier molecular flexibility index (Phi) is 6.49. The molecule has 0 spiro atoms. The molecule has 0 aliphatic rings. The molecule has 2 amide bonds. The van der Waals surface area contributed by atoms with Gasteiger partial charge < -0.3 is 10.6 Å². The van der Waals surface area contributed by atoms with Gasteiger partial charge in [-0.15, -0.1) is 0 Å². The van der Waals surface area contributed by atoms with Crippen molar-refractivity contribution in [3.63, 3.8) is 0 Å². The van der Waals surface area contributed by atoms with Gasteiger partial charge in [-0.2, -0.15) is 0 Å². The van der Waals surface area contributed by atoms with Crippen molar-refractivity contribution in [2.24, 2.45) is 0 Å². The van der Waals surface area contributed by atoms with Crippen LogP contribution in [0, 0.1) is 12.7 Å². The van der Waals surface area contributed by atoms with E-state index in [4.69, 9.17) is 0 Å². The summed E-state index contributed by atoms with van der Waals surface area (Å²) >= 11 is 0. The first kappa shape index (κ1) is 17.7. The number of rotatable bonds is 6. The maximum absolute atomic E-state index is 13.0. The second-order valence-corrected chi connectivity index (χ2v) is 5.61. The second-order valence-electron chi connectivity index (χ2n) is 5.61. The highest BCUT2D eigenvalue weighted by Gasteiger charge is 2.14. The fourth-order valence-corrected chi connectivity index (χ4v) is 2.33. The van der Waals surface area contributed by atoms with Gasteiger partial charge in [-0.3, -0.25) is 9.59 Å². The number of halogens is 1. The molecule has 0 aromatic heterocycles. The Morgan fingerprint density at radius 3 is 2.46 bits per heavy atom. The van der Waals surface area contributed by atoms with Crippen LogP contribution < -0.4 is 10.6 Å². The van der Waals surface area contributed by atoms with Crippen LogP contribution in [-0.2, 0) is 16.0 Å². The van der Waals surface area contributed by atoms with Gasteiger partial charge in [0.05, 0.1) is 0 Å². The molecular weight excluding hydrogens is 307 g/mol. The predicted molar refractivity (Wildman–Crippen MR) is 92.2 cm³/mol. The zero-order chi connectivity index (χ0) is 17.4. The van der Waals surface area contributed by atoms with Gasteiger partial charge in [0.1, 0.15) is 5.82 Å².